The van der Waals surface area contributed by atoms with Gasteiger partial charge in [-0.3, -0.25) is 0 Å². The molecular formula is C5H12O3Si. The molecule has 0 saturated carbocycles. The molecule has 4 heteroatoms. The van der Waals surface area contributed by atoms with Gasteiger partial charge in [0.1, 0.15) is 6.10 Å². The van der Waals surface area contributed by atoms with Crippen LogP contribution in [0.3, 0.4) is 0 Å². The van der Waals surface area contributed by atoms with Crippen LogP contribution in [0.15, 0.2) is 0 Å². The van der Waals surface area contributed by atoms with E-state index in [1.807, 2.05) is 6.55 Å². The van der Waals surface area contributed by atoms with Gasteiger partial charge in [-0.2, -0.15) is 0 Å². The van der Waals surface area contributed by atoms with E-state index in [1.54, 1.807) is 7.11 Å². The summed E-state index contributed by atoms with van der Waals surface area (Å²) < 4.78 is 15.2. The second kappa shape index (κ2) is 3.31. The molecule has 3 nitrogen and oxygen atoms in total. The largest absolute Gasteiger partial charge is 0.400 e. The van der Waals surface area contributed by atoms with E-state index in [4.69, 9.17) is 13.6 Å². The van der Waals surface area contributed by atoms with Crippen LogP contribution in [0.25, 0.3) is 0 Å². The van der Waals surface area contributed by atoms with Crippen molar-refractivity contribution in [2.45, 2.75) is 12.7 Å². The topological polar surface area (TPSA) is 31.0 Å². The van der Waals surface area contributed by atoms with Crippen LogP contribution in [-0.2, 0) is 13.6 Å². The highest BCUT2D eigenvalue weighted by Gasteiger charge is 2.23. The number of hydrogen-bond acceptors (Lipinski definition) is 3. The lowest BCUT2D eigenvalue weighted by molar-refractivity contribution is 0.209. The van der Waals surface area contributed by atoms with Crippen molar-refractivity contribution in [1.29, 1.82) is 0 Å². The van der Waals surface area contributed by atoms with Crippen LogP contribution >= 0.6 is 0 Å². The molecule has 0 radical (unpaired) electrons. The maximum absolute atomic E-state index is 5.31. The van der Waals surface area contributed by atoms with E-state index in [0.29, 0.717) is 6.10 Å². The van der Waals surface area contributed by atoms with E-state index < -0.39 is 9.28 Å². The van der Waals surface area contributed by atoms with Gasteiger partial charge in [0.05, 0.1) is 13.2 Å². The van der Waals surface area contributed by atoms with Crippen LogP contribution in [0.4, 0.5) is 0 Å². The zero-order valence-electron chi connectivity index (χ0n) is 5.79. The Labute approximate surface area is 56.8 Å². The van der Waals surface area contributed by atoms with Crippen molar-refractivity contribution in [2.75, 3.05) is 20.3 Å². The van der Waals surface area contributed by atoms with Gasteiger partial charge in [0.25, 0.3) is 0 Å². The summed E-state index contributed by atoms with van der Waals surface area (Å²) in [5.41, 5.74) is 0. The first-order valence-corrected chi connectivity index (χ1v) is 5.18. The molecule has 54 valence electrons. The molecule has 1 aliphatic heterocycles. The third-order valence-corrected chi connectivity index (χ3v) is 2.58. The van der Waals surface area contributed by atoms with Crippen LogP contribution < -0.4 is 0 Å². The average molecular weight is 148 g/mol. The van der Waals surface area contributed by atoms with Gasteiger partial charge < -0.3 is 13.6 Å². The van der Waals surface area contributed by atoms with Gasteiger partial charge in [0.15, 0.2) is 0 Å². The molecule has 9 heavy (non-hydrogen) atoms. The Hall–Kier alpha value is 0.0969. The summed E-state index contributed by atoms with van der Waals surface area (Å²) in [6.45, 7) is 3.59. The fourth-order valence-corrected chi connectivity index (χ4v) is 1.10. The van der Waals surface area contributed by atoms with Crippen LogP contribution in [0.5, 0.6) is 0 Å². The second-order valence-electron chi connectivity index (χ2n) is 2.09. The van der Waals surface area contributed by atoms with E-state index in [1.165, 1.54) is 0 Å². The first kappa shape index (κ1) is 7.21. The minimum Gasteiger partial charge on any atom is -0.400 e. The minimum atomic E-state index is -1.28. The molecule has 0 aromatic carbocycles. The van der Waals surface area contributed by atoms with Gasteiger partial charge in [0, 0.05) is 7.11 Å². The predicted octanol–water partition coefficient (Wildman–Crippen LogP) is -0.102. The maximum Gasteiger partial charge on any atom is 0.318 e. The lowest BCUT2D eigenvalue weighted by Crippen LogP contribution is -2.18. The number of hydrogen-bond donors (Lipinski definition) is 0. The molecule has 1 rings (SSSR count). The molecule has 0 bridgehead atoms. The quantitative estimate of drug-likeness (QED) is 0.412. The highest BCUT2D eigenvalue weighted by Crippen LogP contribution is 2.08. The van der Waals surface area contributed by atoms with Gasteiger partial charge in [-0.15, -0.1) is 0 Å². The Morgan fingerprint density at radius 3 is 2.89 bits per heavy atom. The van der Waals surface area contributed by atoms with Gasteiger partial charge in [-0.25, -0.2) is 0 Å². The lowest BCUT2D eigenvalue weighted by Gasteiger charge is -2.06. The van der Waals surface area contributed by atoms with Gasteiger partial charge in [-0.05, 0) is 6.55 Å². The summed E-state index contributed by atoms with van der Waals surface area (Å²) in [4.78, 5) is 0. The molecule has 0 spiro atoms. The molecule has 0 aliphatic carbocycles. The van der Waals surface area contributed by atoms with Crippen molar-refractivity contribution in [2.24, 2.45) is 0 Å². The molecule has 1 heterocycles. The highest BCUT2D eigenvalue weighted by molar-refractivity contribution is 6.42. The molecule has 0 N–H and O–H groups in total. The van der Waals surface area contributed by atoms with Crippen molar-refractivity contribution in [3.63, 3.8) is 0 Å². The number of epoxide rings is 1. The van der Waals surface area contributed by atoms with Gasteiger partial charge >= 0.3 is 9.28 Å². The minimum absolute atomic E-state index is 0.370. The van der Waals surface area contributed by atoms with Crippen LogP contribution in [0.1, 0.15) is 0 Å². The Morgan fingerprint density at radius 2 is 2.44 bits per heavy atom. The fraction of sp³-hybridized carbons (Fsp3) is 1.00. The third kappa shape index (κ3) is 2.95. The first-order chi connectivity index (χ1) is 4.33. The summed E-state index contributed by atoms with van der Waals surface area (Å²) in [7, 11) is 0.408. The van der Waals surface area contributed by atoms with E-state index in [0.717, 1.165) is 13.2 Å². The monoisotopic (exact) mass is 148 g/mol. The molecule has 1 saturated heterocycles. The van der Waals surface area contributed by atoms with Crippen LogP contribution in [0, 0.1) is 0 Å². The zero-order chi connectivity index (χ0) is 6.69. The standard InChI is InChI=1S/C5H12O3Si/c1-6-9(2)8-4-5-3-7-5/h5,9H,3-4H2,1-2H3. The molecule has 1 fully saturated rings. The average Bonchev–Trinajstić information content (AvgIpc) is 2.65. The van der Waals surface area contributed by atoms with Crippen molar-refractivity contribution in [3.05, 3.63) is 0 Å². The Kier molecular flexibility index (Phi) is 2.65. The summed E-state index contributed by atoms with van der Waals surface area (Å²) in [5.74, 6) is 0. The number of rotatable bonds is 4. The predicted molar refractivity (Wildman–Crippen MR) is 35.7 cm³/mol. The SMILES string of the molecule is CO[SiH](C)OCC1CO1. The molecular weight excluding hydrogens is 136 g/mol. The third-order valence-electron chi connectivity index (χ3n) is 1.25. The maximum atomic E-state index is 5.31. The molecule has 0 aromatic heterocycles. The summed E-state index contributed by atoms with van der Waals surface area (Å²) in [5, 5.41) is 0. The van der Waals surface area contributed by atoms with E-state index in [2.05, 4.69) is 0 Å². The molecule has 2 unspecified atom stereocenters. The molecule has 1 aliphatic rings. The molecule has 0 aromatic rings. The molecule has 0 amide bonds. The van der Waals surface area contributed by atoms with E-state index in [-0.39, 0.29) is 0 Å². The Bertz CT molecular complexity index is 84.3. The summed E-state index contributed by atoms with van der Waals surface area (Å²) in [6.07, 6.45) is 0.370. The van der Waals surface area contributed by atoms with Gasteiger partial charge in [-0.1, -0.05) is 0 Å². The zero-order valence-corrected chi connectivity index (χ0v) is 6.95. The summed E-state index contributed by atoms with van der Waals surface area (Å²) >= 11 is 0. The second-order valence-corrected chi connectivity index (χ2v) is 4.03. The number of ether oxygens (including phenoxy) is 1. The van der Waals surface area contributed by atoms with Crippen molar-refractivity contribution >= 4 is 9.28 Å². The van der Waals surface area contributed by atoms with Crippen LogP contribution in [0.2, 0.25) is 6.55 Å². The van der Waals surface area contributed by atoms with Gasteiger partial charge in [0.2, 0.25) is 0 Å². The smallest absolute Gasteiger partial charge is 0.318 e. The first-order valence-electron chi connectivity index (χ1n) is 3.09. The van der Waals surface area contributed by atoms with Crippen LogP contribution in [-0.4, -0.2) is 35.7 Å². The lowest BCUT2D eigenvalue weighted by atomic mass is 10.5. The van der Waals surface area contributed by atoms with Crippen molar-refractivity contribution < 1.29 is 13.6 Å². The Balaban J connectivity index is 1.90. The Morgan fingerprint density at radius 1 is 1.78 bits per heavy atom. The van der Waals surface area contributed by atoms with E-state index in [9.17, 15) is 0 Å². The highest BCUT2D eigenvalue weighted by atomic mass is 28.3. The van der Waals surface area contributed by atoms with Crippen molar-refractivity contribution in [3.8, 4) is 0 Å². The normalized spacial score (nSPS) is 28.0. The van der Waals surface area contributed by atoms with Crippen molar-refractivity contribution in [1.82, 2.24) is 0 Å². The van der Waals surface area contributed by atoms with E-state index >= 15 is 0 Å². The summed E-state index contributed by atoms with van der Waals surface area (Å²) in [6, 6.07) is 0. The fourth-order valence-electron chi connectivity index (χ4n) is 0.475. The molecule has 2 atom stereocenters.